The summed E-state index contributed by atoms with van der Waals surface area (Å²) in [7, 11) is -2.40. The Morgan fingerprint density at radius 1 is 1.05 bits per heavy atom. The van der Waals surface area contributed by atoms with Crippen molar-refractivity contribution in [2.75, 3.05) is 19.4 Å². The van der Waals surface area contributed by atoms with Gasteiger partial charge >= 0.3 is 6.09 Å². The third-order valence-electron chi connectivity index (χ3n) is 9.74. The van der Waals surface area contributed by atoms with Crippen LogP contribution in [0.3, 0.4) is 0 Å². The molecule has 2 aromatic carbocycles. The van der Waals surface area contributed by atoms with E-state index < -0.39 is 74.5 Å². The van der Waals surface area contributed by atoms with Gasteiger partial charge in [-0.25, -0.2) is 18.2 Å². The quantitative estimate of drug-likeness (QED) is 0.197. The van der Waals surface area contributed by atoms with Gasteiger partial charge in [0.1, 0.15) is 40.8 Å². The largest absolute Gasteiger partial charge is 0.497 e. The average Bonchev–Trinajstić information content (AvgIpc) is 3.67. The summed E-state index contributed by atoms with van der Waals surface area (Å²) in [6.07, 6.45) is 0.359. The highest BCUT2D eigenvalue weighted by atomic mass is 32.2. The van der Waals surface area contributed by atoms with E-state index in [1.807, 2.05) is 36.4 Å². The van der Waals surface area contributed by atoms with Crippen LogP contribution in [-0.2, 0) is 29.1 Å². The number of pyridine rings is 1. The number of rotatable bonds is 13. The number of hydrogen-bond acceptors (Lipinski definition) is 10. The minimum Gasteiger partial charge on any atom is -0.497 e. The van der Waals surface area contributed by atoms with E-state index in [1.165, 1.54) is 11.0 Å². The molecule has 4 amide bonds. The Balaban J connectivity index is 1.52. The maximum atomic E-state index is 14.6. The number of carbonyl (C=O) groups is 4. The number of nitrogens with one attached hydrogen (secondary N) is 3. The second-order valence-electron chi connectivity index (χ2n) is 16.4. The molecular formula is C41H53N5O9S. The molecule has 5 atom stereocenters. The number of ether oxygens (including phenoxy) is 3. The number of aromatic nitrogens is 1. The van der Waals surface area contributed by atoms with E-state index >= 15 is 0 Å². The summed E-state index contributed by atoms with van der Waals surface area (Å²) in [5.41, 5.74) is -1.19. The molecule has 0 radical (unpaired) electrons. The lowest BCUT2D eigenvalue weighted by Crippen LogP contribution is -2.60. The van der Waals surface area contributed by atoms with Gasteiger partial charge in [-0.3, -0.25) is 19.1 Å². The first kappa shape index (κ1) is 42.0. The summed E-state index contributed by atoms with van der Waals surface area (Å²) in [5, 5.41) is 6.19. The number of methoxy groups -OCH3 is 1. The fourth-order valence-electron chi connectivity index (χ4n) is 6.84. The van der Waals surface area contributed by atoms with Gasteiger partial charge in [-0.1, -0.05) is 64.1 Å². The third kappa shape index (κ3) is 9.60. The Bertz CT molecular complexity index is 2100. The first-order valence-electron chi connectivity index (χ1n) is 18.7. The Labute approximate surface area is 328 Å². The van der Waals surface area contributed by atoms with E-state index in [-0.39, 0.29) is 31.6 Å². The van der Waals surface area contributed by atoms with Crippen molar-refractivity contribution in [3.63, 3.8) is 0 Å². The van der Waals surface area contributed by atoms with E-state index in [9.17, 15) is 27.6 Å². The van der Waals surface area contributed by atoms with Gasteiger partial charge < -0.3 is 29.7 Å². The standard InChI is InChI=1S/C41H53N5O9S/c1-10-19-56(51,52)45-37(49)41(23-26(41)11-2)44-35(47)32-21-28(24-46(32)36(48)34(39(3,4)5)43-38(50)55-40(6,7)8)54-33-22-30(25-15-13-12-14-16-25)42-31-20-27(53-9)17-18-29(31)33/h11-18,20,22,26,28,32,34H,2,10,19,21,23-24H2,1,3-9H3,(H,43,50)(H,44,47)(H,45,49)/t26-,28-,32+,34-,41-/m1/s1. The number of benzene rings is 2. The van der Waals surface area contributed by atoms with Crippen molar-refractivity contribution in [3.05, 3.63) is 67.3 Å². The van der Waals surface area contributed by atoms with Crippen LogP contribution in [0.4, 0.5) is 4.79 Å². The lowest BCUT2D eigenvalue weighted by molar-refractivity contribution is -0.143. The smallest absolute Gasteiger partial charge is 0.408 e. The number of likely N-dealkylation sites (tertiary alicyclic amines) is 1. The first-order chi connectivity index (χ1) is 26.2. The lowest BCUT2D eigenvalue weighted by Gasteiger charge is -2.36. The minimum atomic E-state index is -3.96. The van der Waals surface area contributed by atoms with Gasteiger partial charge in [0.05, 0.1) is 30.6 Å². The Morgan fingerprint density at radius 2 is 1.75 bits per heavy atom. The van der Waals surface area contributed by atoms with Gasteiger partial charge in [0, 0.05) is 35.4 Å². The van der Waals surface area contributed by atoms with E-state index in [0.717, 1.165) is 5.56 Å². The van der Waals surface area contributed by atoms with Crippen molar-refractivity contribution in [2.24, 2.45) is 11.3 Å². The Hall–Kier alpha value is -5.18. The number of alkyl carbamates (subject to hydrolysis) is 1. The number of amides is 4. The van der Waals surface area contributed by atoms with Gasteiger partial charge in [-0.05, 0) is 51.2 Å². The van der Waals surface area contributed by atoms with E-state index in [4.69, 9.17) is 19.2 Å². The zero-order chi connectivity index (χ0) is 41.2. The molecule has 1 saturated carbocycles. The van der Waals surface area contributed by atoms with E-state index in [1.54, 1.807) is 73.8 Å². The highest BCUT2D eigenvalue weighted by Crippen LogP contribution is 2.45. The van der Waals surface area contributed by atoms with Crippen molar-refractivity contribution in [3.8, 4) is 22.8 Å². The summed E-state index contributed by atoms with van der Waals surface area (Å²) in [6.45, 7) is 15.9. The van der Waals surface area contributed by atoms with Crippen LogP contribution in [0.5, 0.6) is 11.5 Å². The molecule has 56 heavy (non-hydrogen) atoms. The van der Waals surface area contributed by atoms with Crippen LogP contribution in [0.1, 0.15) is 67.7 Å². The van der Waals surface area contributed by atoms with Crippen LogP contribution < -0.4 is 24.8 Å². The lowest BCUT2D eigenvalue weighted by atomic mass is 9.85. The normalized spacial score (nSPS) is 21.4. The zero-order valence-corrected chi connectivity index (χ0v) is 34.1. The molecule has 1 saturated heterocycles. The zero-order valence-electron chi connectivity index (χ0n) is 33.3. The molecule has 3 aromatic rings. The molecule has 302 valence electrons. The molecule has 5 rings (SSSR count). The van der Waals surface area contributed by atoms with Gasteiger partial charge in [0.25, 0.3) is 5.91 Å². The Morgan fingerprint density at radius 3 is 2.34 bits per heavy atom. The second-order valence-corrected chi connectivity index (χ2v) is 18.3. The molecule has 15 heteroatoms. The minimum absolute atomic E-state index is 0.00605. The molecular weight excluding hydrogens is 739 g/mol. The van der Waals surface area contributed by atoms with Crippen LogP contribution in [0.25, 0.3) is 22.2 Å². The topological polar surface area (TPSA) is 182 Å². The number of sulfonamides is 1. The third-order valence-corrected chi connectivity index (χ3v) is 11.2. The van der Waals surface area contributed by atoms with Gasteiger partial charge in [-0.2, -0.15) is 0 Å². The summed E-state index contributed by atoms with van der Waals surface area (Å²) in [4.78, 5) is 61.8. The first-order valence-corrected chi connectivity index (χ1v) is 20.4. The van der Waals surface area contributed by atoms with Crippen molar-refractivity contribution in [2.45, 2.75) is 97.1 Å². The van der Waals surface area contributed by atoms with Crippen LogP contribution in [0.2, 0.25) is 0 Å². The average molecular weight is 792 g/mol. The van der Waals surface area contributed by atoms with E-state index in [2.05, 4.69) is 21.9 Å². The number of fused-ring (bicyclic) bond motifs is 1. The molecule has 1 aliphatic heterocycles. The van der Waals surface area contributed by atoms with Gasteiger partial charge in [-0.15, -0.1) is 6.58 Å². The molecule has 0 spiro atoms. The van der Waals surface area contributed by atoms with Crippen LogP contribution in [0.15, 0.2) is 67.3 Å². The summed E-state index contributed by atoms with van der Waals surface area (Å²) in [6, 6.07) is 14.4. The van der Waals surface area contributed by atoms with Crippen molar-refractivity contribution in [1.29, 1.82) is 0 Å². The van der Waals surface area contributed by atoms with Crippen molar-refractivity contribution in [1.82, 2.24) is 25.2 Å². The summed E-state index contributed by atoms with van der Waals surface area (Å²) < 4.78 is 45.0. The van der Waals surface area contributed by atoms with Crippen LogP contribution >= 0.6 is 0 Å². The van der Waals surface area contributed by atoms with Crippen molar-refractivity contribution < 1.29 is 41.8 Å². The van der Waals surface area contributed by atoms with Gasteiger partial charge in [0.2, 0.25) is 21.8 Å². The maximum Gasteiger partial charge on any atom is 0.408 e. The molecule has 0 unspecified atom stereocenters. The predicted octanol–water partition coefficient (Wildman–Crippen LogP) is 5.12. The molecule has 2 heterocycles. The number of carbonyl (C=O) groups excluding carboxylic acids is 4. The fourth-order valence-corrected chi connectivity index (χ4v) is 7.95. The van der Waals surface area contributed by atoms with E-state index in [0.29, 0.717) is 28.1 Å². The van der Waals surface area contributed by atoms with Crippen LogP contribution in [-0.4, -0.2) is 90.9 Å². The van der Waals surface area contributed by atoms with Gasteiger partial charge in [0.15, 0.2) is 0 Å². The Kier molecular flexibility index (Phi) is 12.1. The fraction of sp³-hybridized carbons (Fsp3) is 0.488. The number of hydrogen-bond donors (Lipinski definition) is 3. The molecule has 2 fully saturated rings. The highest BCUT2D eigenvalue weighted by Gasteiger charge is 2.61. The molecule has 0 bridgehead atoms. The number of nitrogens with zero attached hydrogens (tertiary/aromatic N) is 2. The molecule has 1 aromatic heterocycles. The molecule has 1 aliphatic carbocycles. The predicted molar refractivity (Wildman–Crippen MR) is 212 cm³/mol. The highest BCUT2D eigenvalue weighted by molar-refractivity contribution is 7.90. The molecule has 14 nitrogen and oxygen atoms in total. The second kappa shape index (κ2) is 16.1. The summed E-state index contributed by atoms with van der Waals surface area (Å²) in [5.74, 6) is -1.89. The SMILES string of the molecule is C=C[C@@H]1C[C@]1(NC(=O)[C@@H]1C[C@@H](Oc2cc(-c3ccccc3)nc3cc(OC)ccc23)CN1C(=O)[C@@H](NC(=O)OC(C)(C)C)C(C)(C)C)C(=O)NS(=O)(=O)CCC. The molecule has 2 aliphatic rings. The van der Waals surface area contributed by atoms with Crippen molar-refractivity contribution >= 4 is 44.7 Å². The monoisotopic (exact) mass is 791 g/mol. The maximum absolute atomic E-state index is 14.6. The molecule has 3 N–H and O–H groups in total. The summed E-state index contributed by atoms with van der Waals surface area (Å²) >= 11 is 0. The van der Waals surface area contributed by atoms with Crippen LogP contribution in [0, 0.1) is 11.3 Å².